The van der Waals surface area contributed by atoms with Crippen LogP contribution in [0.4, 0.5) is 11.4 Å². The highest BCUT2D eigenvalue weighted by Crippen LogP contribution is 2.31. The highest BCUT2D eigenvalue weighted by atomic mass is 35.5. The summed E-state index contributed by atoms with van der Waals surface area (Å²) in [6.45, 7) is 2.53. The number of hydrogen-bond acceptors (Lipinski definition) is 4. The summed E-state index contributed by atoms with van der Waals surface area (Å²) in [6.07, 6.45) is 4.95. The first-order valence-electron chi connectivity index (χ1n) is 6.64. The molecule has 0 spiro atoms. The van der Waals surface area contributed by atoms with Crippen molar-refractivity contribution in [2.45, 2.75) is 19.8 Å². The van der Waals surface area contributed by atoms with Crippen molar-refractivity contribution in [3.05, 3.63) is 47.5 Å². The lowest BCUT2D eigenvalue weighted by atomic mass is 9.99. The van der Waals surface area contributed by atoms with E-state index in [-0.39, 0.29) is 30.7 Å². The zero-order valence-electron chi connectivity index (χ0n) is 12.2. The molecule has 118 valence electrons. The number of halogens is 2. The maximum Gasteiger partial charge on any atom is 0.278 e. The van der Waals surface area contributed by atoms with Crippen molar-refractivity contribution in [1.82, 2.24) is 9.97 Å². The van der Waals surface area contributed by atoms with Crippen LogP contribution in [0.15, 0.2) is 30.6 Å². The molecule has 7 heteroatoms. The largest absolute Gasteiger partial charge is 0.398 e. The van der Waals surface area contributed by atoms with Crippen molar-refractivity contribution in [3.8, 4) is 0 Å². The van der Waals surface area contributed by atoms with E-state index in [0.29, 0.717) is 12.2 Å². The van der Waals surface area contributed by atoms with Gasteiger partial charge in [0.15, 0.2) is 0 Å². The first-order chi connectivity index (χ1) is 9.66. The summed E-state index contributed by atoms with van der Waals surface area (Å²) in [5, 5.41) is 0. The molecule has 0 aliphatic carbocycles. The fourth-order valence-electron chi connectivity index (χ4n) is 2.50. The van der Waals surface area contributed by atoms with E-state index in [2.05, 4.69) is 9.97 Å². The Bertz CT molecular complexity index is 661. The van der Waals surface area contributed by atoms with Gasteiger partial charge in [0.2, 0.25) is 0 Å². The van der Waals surface area contributed by atoms with Gasteiger partial charge >= 0.3 is 0 Å². The zero-order valence-corrected chi connectivity index (χ0v) is 13.8. The number of carbonyl (C=O) groups is 1. The lowest BCUT2D eigenvalue weighted by Gasteiger charge is -2.29. The summed E-state index contributed by atoms with van der Waals surface area (Å²) < 4.78 is 0. The van der Waals surface area contributed by atoms with Crippen LogP contribution in [0.3, 0.4) is 0 Å². The smallest absolute Gasteiger partial charge is 0.278 e. The number of hydrogen-bond donors (Lipinski definition) is 1. The van der Waals surface area contributed by atoms with Gasteiger partial charge in [0, 0.05) is 24.1 Å². The molecule has 1 aliphatic rings. The number of rotatable bonds is 1. The predicted molar refractivity (Wildman–Crippen MR) is 92.1 cm³/mol. The van der Waals surface area contributed by atoms with Gasteiger partial charge in [-0.15, -0.1) is 24.8 Å². The molecule has 2 aromatic rings. The molecule has 0 unspecified atom stereocenters. The van der Waals surface area contributed by atoms with Crippen molar-refractivity contribution in [2.75, 3.05) is 17.2 Å². The van der Waals surface area contributed by atoms with Crippen LogP contribution in [-0.4, -0.2) is 22.4 Å². The molecule has 3 rings (SSSR count). The number of fused-ring (bicyclic) bond motifs is 1. The van der Waals surface area contributed by atoms with Crippen molar-refractivity contribution < 1.29 is 4.79 Å². The monoisotopic (exact) mass is 340 g/mol. The summed E-state index contributed by atoms with van der Waals surface area (Å²) in [7, 11) is 0. The van der Waals surface area contributed by atoms with Crippen LogP contribution in [0.5, 0.6) is 0 Å². The van der Waals surface area contributed by atoms with Gasteiger partial charge in [-0.05, 0) is 37.5 Å². The second kappa shape index (κ2) is 7.42. The highest BCUT2D eigenvalue weighted by molar-refractivity contribution is 6.05. The van der Waals surface area contributed by atoms with Crippen LogP contribution >= 0.6 is 24.8 Å². The van der Waals surface area contributed by atoms with Gasteiger partial charge in [0.1, 0.15) is 5.69 Å². The van der Waals surface area contributed by atoms with E-state index in [9.17, 15) is 4.79 Å². The number of aryl methyl sites for hydroxylation is 1. The lowest BCUT2D eigenvalue weighted by molar-refractivity contribution is 0.0980. The Kier molecular flexibility index (Phi) is 6.14. The maximum atomic E-state index is 12.6. The fourth-order valence-corrected chi connectivity index (χ4v) is 2.50. The predicted octanol–water partition coefficient (Wildman–Crippen LogP) is 2.80. The molecule has 5 nitrogen and oxygen atoms in total. The van der Waals surface area contributed by atoms with Gasteiger partial charge in [-0.25, -0.2) is 4.98 Å². The van der Waals surface area contributed by atoms with E-state index in [1.807, 2.05) is 25.1 Å². The molecule has 0 fully saturated rings. The van der Waals surface area contributed by atoms with Crippen LogP contribution in [-0.2, 0) is 6.42 Å². The van der Waals surface area contributed by atoms with E-state index in [1.54, 1.807) is 11.1 Å². The Balaban J connectivity index is 0.00000121. The lowest BCUT2D eigenvalue weighted by Crippen LogP contribution is -2.36. The zero-order chi connectivity index (χ0) is 14.1. The number of nitrogen functional groups attached to an aromatic ring is 1. The quantitative estimate of drug-likeness (QED) is 0.810. The number of amides is 1. The Morgan fingerprint density at radius 2 is 2.00 bits per heavy atom. The number of nitrogens with two attached hydrogens (primary N) is 1. The van der Waals surface area contributed by atoms with E-state index >= 15 is 0 Å². The Morgan fingerprint density at radius 3 is 2.68 bits per heavy atom. The molecule has 2 N–H and O–H groups in total. The second-order valence-corrected chi connectivity index (χ2v) is 4.95. The highest BCUT2D eigenvalue weighted by Gasteiger charge is 2.25. The number of carbonyl (C=O) groups excluding carboxylic acids is 1. The first kappa shape index (κ1) is 18.2. The molecule has 0 bridgehead atoms. The van der Waals surface area contributed by atoms with Gasteiger partial charge in [-0.3, -0.25) is 9.78 Å². The van der Waals surface area contributed by atoms with Crippen LogP contribution < -0.4 is 10.6 Å². The fraction of sp³-hybridized carbons (Fsp3) is 0.267. The van der Waals surface area contributed by atoms with Crippen molar-refractivity contribution in [1.29, 1.82) is 0 Å². The molecular formula is C15H18Cl2N4O. The van der Waals surface area contributed by atoms with Crippen LogP contribution in [0.25, 0.3) is 0 Å². The van der Waals surface area contributed by atoms with Gasteiger partial charge in [-0.2, -0.15) is 0 Å². The average molecular weight is 341 g/mol. The summed E-state index contributed by atoms with van der Waals surface area (Å²) in [5.41, 5.74) is 9.84. The average Bonchev–Trinajstić information content (AvgIpc) is 2.47. The van der Waals surface area contributed by atoms with Crippen LogP contribution in [0, 0.1) is 6.92 Å². The molecule has 1 aromatic carbocycles. The van der Waals surface area contributed by atoms with E-state index in [0.717, 1.165) is 35.5 Å². The van der Waals surface area contributed by atoms with Crippen molar-refractivity contribution in [3.63, 3.8) is 0 Å². The molecule has 1 aliphatic heterocycles. The third kappa shape index (κ3) is 3.31. The summed E-state index contributed by atoms with van der Waals surface area (Å²) >= 11 is 0. The molecular weight excluding hydrogens is 323 g/mol. The second-order valence-electron chi connectivity index (χ2n) is 4.95. The molecule has 0 saturated carbocycles. The Labute approximate surface area is 141 Å². The third-order valence-electron chi connectivity index (χ3n) is 3.53. The summed E-state index contributed by atoms with van der Waals surface area (Å²) in [4.78, 5) is 22.6. The molecule has 0 saturated heterocycles. The van der Waals surface area contributed by atoms with Gasteiger partial charge in [0.05, 0.1) is 11.9 Å². The first-order valence-corrected chi connectivity index (χ1v) is 6.64. The molecule has 22 heavy (non-hydrogen) atoms. The topological polar surface area (TPSA) is 72.1 Å². The van der Waals surface area contributed by atoms with Crippen LogP contribution in [0.2, 0.25) is 0 Å². The third-order valence-corrected chi connectivity index (χ3v) is 3.53. The standard InChI is InChI=1S/C15H16N4O.2ClH/c1-10-8-18-13(9-17-10)15(20)19-7-3-4-11-12(16)5-2-6-14(11)19;;/h2,5-6,8-9H,3-4,7,16H2,1H3;2*1H. The number of aromatic nitrogens is 2. The van der Waals surface area contributed by atoms with Crippen molar-refractivity contribution in [2.24, 2.45) is 0 Å². The van der Waals surface area contributed by atoms with Gasteiger partial charge in [-0.1, -0.05) is 6.07 Å². The Morgan fingerprint density at radius 1 is 1.23 bits per heavy atom. The van der Waals surface area contributed by atoms with E-state index in [1.165, 1.54) is 6.20 Å². The van der Waals surface area contributed by atoms with Crippen molar-refractivity contribution >= 4 is 42.1 Å². The molecule has 2 heterocycles. The van der Waals surface area contributed by atoms with E-state index < -0.39 is 0 Å². The molecule has 1 amide bonds. The van der Waals surface area contributed by atoms with Gasteiger partial charge in [0.25, 0.3) is 5.91 Å². The number of anilines is 2. The summed E-state index contributed by atoms with van der Waals surface area (Å²) in [6, 6.07) is 5.68. The normalized spacial score (nSPS) is 12.7. The molecule has 0 radical (unpaired) electrons. The van der Waals surface area contributed by atoms with Crippen LogP contribution in [0.1, 0.15) is 28.2 Å². The molecule has 1 aromatic heterocycles. The summed E-state index contributed by atoms with van der Waals surface area (Å²) in [5.74, 6) is -0.121. The minimum atomic E-state index is -0.121. The van der Waals surface area contributed by atoms with Gasteiger partial charge < -0.3 is 10.6 Å². The number of benzene rings is 1. The maximum absolute atomic E-state index is 12.6. The molecule has 0 atom stereocenters. The SMILES string of the molecule is Cc1cnc(C(=O)N2CCCc3c(N)cccc32)cn1.Cl.Cl. The number of nitrogens with zero attached hydrogens (tertiary/aromatic N) is 3. The minimum Gasteiger partial charge on any atom is -0.398 e. The van der Waals surface area contributed by atoms with E-state index in [4.69, 9.17) is 5.73 Å². The Hall–Kier alpha value is -1.85. The minimum absolute atomic E-state index is 0.